The smallest absolute Gasteiger partial charge is 0.224 e. The van der Waals surface area contributed by atoms with E-state index in [0.29, 0.717) is 0 Å². The number of hydrogen-bond donors (Lipinski definition) is 2. The van der Waals surface area contributed by atoms with E-state index < -0.39 is 0 Å². The van der Waals surface area contributed by atoms with Crippen LogP contribution in [0, 0.1) is 12.7 Å². The van der Waals surface area contributed by atoms with Gasteiger partial charge in [0.1, 0.15) is 11.6 Å². The standard InChI is InChI=1S/C23H23FN6O/c1-14-18(19-12-16(24)2-4-20(19)26-14)13-22(31)27-17-3-5-21-28-29-23(30(21)11-8-17)15-6-9-25-10-7-15/h2,4,6-7,9-10,12,17,26H,3,5,8,11,13H2,1H3,(H,27,31). The topological polar surface area (TPSA) is 88.5 Å². The number of aryl methyl sites for hydroxylation is 2. The molecule has 3 aromatic heterocycles. The first-order valence-electron chi connectivity index (χ1n) is 10.5. The fourth-order valence-corrected chi connectivity index (χ4v) is 4.37. The zero-order valence-corrected chi connectivity index (χ0v) is 17.2. The van der Waals surface area contributed by atoms with Gasteiger partial charge < -0.3 is 14.9 Å². The number of aromatic amines is 1. The summed E-state index contributed by atoms with van der Waals surface area (Å²) in [4.78, 5) is 20.1. The molecule has 1 aliphatic rings. The molecule has 0 spiro atoms. The number of halogens is 1. The third kappa shape index (κ3) is 3.81. The van der Waals surface area contributed by atoms with E-state index in [1.807, 2.05) is 19.1 Å². The number of fused-ring (bicyclic) bond motifs is 2. The van der Waals surface area contributed by atoms with Crippen LogP contribution in [0.4, 0.5) is 4.39 Å². The van der Waals surface area contributed by atoms with Gasteiger partial charge in [-0.25, -0.2) is 4.39 Å². The molecular weight excluding hydrogens is 395 g/mol. The molecule has 1 aromatic carbocycles. The van der Waals surface area contributed by atoms with Crippen LogP contribution in [-0.4, -0.2) is 36.7 Å². The van der Waals surface area contributed by atoms with Gasteiger partial charge in [0.2, 0.25) is 5.91 Å². The zero-order chi connectivity index (χ0) is 21.4. The van der Waals surface area contributed by atoms with Crippen LogP contribution in [0.15, 0.2) is 42.7 Å². The van der Waals surface area contributed by atoms with Crippen molar-refractivity contribution >= 4 is 16.8 Å². The van der Waals surface area contributed by atoms with Gasteiger partial charge in [0.15, 0.2) is 5.82 Å². The minimum absolute atomic E-state index is 0.0507. The number of nitrogens with one attached hydrogen (secondary N) is 2. The molecule has 7 nitrogen and oxygen atoms in total. The molecule has 0 bridgehead atoms. The number of nitrogens with zero attached hydrogens (tertiary/aromatic N) is 4. The number of hydrogen-bond acceptors (Lipinski definition) is 4. The van der Waals surface area contributed by atoms with E-state index in [-0.39, 0.29) is 24.2 Å². The highest BCUT2D eigenvalue weighted by Crippen LogP contribution is 2.25. The molecule has 8 heteroatoms. The number of rotatable bonds is 4. The average Bonchev–Trinajstić information content (AvgIpc) is 3.24. The van der Waals surface area contributed by atoms with Crippen molar-refractivity contribution in [3.8, 4) is 11.4 Å². The maximum Gasteiger partial charge on any atom is 0.224 e. The average molecular weight is 418 g/mol. The molecular formula is C23H23FN6O. The number of carbonyl (C=O) groups excluding carboxylic acids is 1. The molecule has 1 amide bonds. The first-order chi connectivity index (χ1) is 15.1. The van der Waals surface area contributed by atoms with Crippen LogP contribution in [0.5, 0.6) is 0 Å². The quantitative estimate of drug-likeness (QED) is 0.532. The van der Waals surface area contributed by atoms with Gasteiger partial charge in [-0.2, -0.15) is 0 Å². The lowest BCUT2D eigenvalue weighted by molar-refractivity contribution is -0.121. The van der Waals surface area contributed by atoms with E-state index in [2.05, 4.69) is 30.0 Å². The third-order valence-corrected chi connectivity index (χ3v) is 5.97. The van der Waals surface area contributed by atoms with Crippen LogP contribution in [0.2, 0.25) is 0 Å². The molecule has 4 aromatic rings. The molecule has 1 aliphatic heterocycles. The summed E-state index contributed by atoms with van der Waals surface area (Å²) in [5, 5.41) is 12.7. The van der Waals surface area contributed by atoms with Gasteiger partial charge in [0.25, 0.3) is 0 Å². The lowest BCUT2D eigenvalue weighted by Gasteiger charge is -2.16. The molecule has 0 radical (unpaired) electrons. The van der Waals surface area contributed by atoms with E-state index >= 15 is 0 Å². The molecule has 1 atom stereocenters. The molecule has 4 heterocycles. The molecule has 0 saturated heterocycles. The summed E-state index contributed by atoms with van der Waals surface area (Å²) in [6.07, 6.45) is 6.07. The lowest BCUT2D eigenvalue weighted by atomic mass is 10.1. The van der Waals surface area contributed by atoms with Crippen molar-refractivity contribution in [2.24, 2.45) is 0 Å². The highest BCUT2D eigenvalue weighted by atomic mass is 19.1. The fraction of sp³-hybridized carbons (Fsp3) is 0.304. The van der Waals surface area contributed by atoms with E-state index in [0.717, 1.165) is 65.2 Å². The second-order valence-electron chi connectivity index (χ2n) is 8.01. The molecule has 1 unspecified atom stereocenters. The normalized spacial score (nSPS) is 16.1. The van der Waals surface area contributed by atoms with Gasteiger partial charge in [-0.3, -0.25) is 9.78 Å². The van der Waals surface area contributed by atoms with Crippen LogP contribution in [-0.2, 0) is 24.2 Å². The van der Waals surface area contributed by atoms with Gasteiger partial charge >= 0.3 is 0 Å². The molecule has 5 rings (SSSR count). The van der Waals surface area contributed by atoms with Crippen molar-refractivity contribution in [2.75, 3.05) is 0 Å². The van der Waals surface area contributed by atoms with Gasteiger partial charge in [-0.05, 0) is 55.7 Å². The Balaban J connectivity index is 1.28. The molecule has 0 aliphatic carbocycles. The molecule has 31 heavy (non-hydrogen) atoms. The minimum Gasteiger partial charge on any atom is -0.358 e. The van der Waals surface area contributed by atoms with Crippen molar-refractivity contribution in [3.63, 3.8) is 0 Å². The van der Waals surface area contributed by atoms with Gasteiger partial charge in [-0.1, -0.05) is 0 Å². The van der Waals surface area contributed by atoms with Crippen LogP contribution < -0.4 is 5.32 Å². The minimum atomic E-state index is -0.301. The Morgan fingerprint density at radius 2 is 2.06 bits per heavy atom. The second-order valence-corrected chi connectivity index (χ2v) is 8.01. The first-order valence-corrected chi connectivity index (χ1v) is 10.5. The Morgan fingerprint density at radius 1 is 1.23 bits per heavy atom. The summed E-state index contributed by atoms with van der Waals surface area (Å²) < 4.78 is 15.8. The Bertz CT molecular complexity index is 1250. The molecule has 0 saturated carbocycles. The van der Waals surface area contributed by atoms with E-state index in [1.165, 1.54) is 12.1 Å². The summed E-state index contributed by atoms with van der Waals surface area (Å²) in [6.45, 7) is 2.65. The number of benzene rings is 1. The van der Waals surface area contributed by atoms with Crippen LogP contribution in [0.3, 0.4) is 0 Å². The Labute approximate surface area is 178 Å². The maximum atomic E-state index is 13.7. The van der Waals surface area contributed by atoms with Crippen molar-refractivity contribution in [1.82, 2.24) is 30.0 Å². The number of aromatic nitrogens is 5. The van der Waals surface area contributed by atoms with Crippen molar-refractivity contribution < 1.29 is 9.18 Å². The largest absolute Gasteiger partial charge is 0.358 e. The van der Waals surface area contributed by atoms with Gasteiger partial charge in [0.05, 0.1) is 6.42 Å². The van der Waals surface area contributed by atoms with Gasteiger partial charge in [0, 0.05) is 53.6 Å². The van der Waals surface area contributed by atoms with Crippen LogP contribution in [0.1, 0.15) is 29.9 Å². The summed E-state index contributed by atoms with van der Waals surface area (Å²) >= 11 is 0. The Hall–Kier alpha value is -3.55. The maximum absolute atomic E-state index is 13.7. The predicted octanol–water partition coefficient (Wildman–Crippen LogP) is 3.33. The van der Waals surface area contributed by atoms with Crippen molar-refractivity contribution in [2.45, 2.75) is 45.2 Å². The predicted molar refractivity (Wildman–Crippen MR) is 115 cm³/mol. The van der Waals surface area contributed by atoms with E-state index in [4.69, 9.17) is 0 Å². The number of amides is 1. The summed E-state index contributed by atoms with van der Waals surface area (Å²) in [5.74, 6) is 1.42. The number of pyridine rings is 1. The monoisotopic (exact) mass is 418 g/mol. The molecule has 2 N–H and O–H groups in total. The molecule has 0 fully saturated rings. The third-order valence-electron chi connectivity index (χ3n) is 5.97. The van der Waals surface area contributed by atoms with Crippen molar-refractivity contribution in [3.05, 3.63) is 65.6 Å². The lowest BCUT2D eigenvalue weighted by Crippen LogP contribution is -2.36. The Morgan fingerprint density at radius 3 is 2.90 bits per heavy atom. The van der Waals surface area contributed by atoms with Gasteiger partial charge in [-0.15, -0.1) is 10.2 Å². The van der Waals surface area contributed by atoms with Crippen LogP contribution >= 0.6 is 0 Å². The van der Waals surface area contributed by atoms with Crippen LogP contribution in [0.25, 0.3) is 22.3 Å². The SMILES string of the molecule is Cc1[nH]c2ccc(F)cc2c1CC(=O)NC1CCc2nnc(-c3ccncc3)n2CC1. The number of carbonyl (C=O) groups is 1. The second kappa shape index (κ2) is 7.94. The zero-order valence-electron chi connectivity index (χ0n) is 17.2. The first kappa shape index (κ1) is 19.4. The molecule has 158 valence electrons. The number of H-pyrrole nitrogens is 1. The van der Waals surface area contributed by atoms with E-state index in [9.17, 15) is 9.18 Å². The summed E-state index contributed by atoms with van der Waals surface area (Å²) in [6, 6.07) is 8.52. The van der Waals surface area contributed by atoms with Crippen molar-refractivity contribution in [1.29, 1.82) is 0 Å². The summed E-state index contributed by atoms with van der Waals surface area (Å²) in [7, 11) is 0. The fourth-order valence-electron chi connectivity index (χ4n) is 4.37. The van der Waals surface area contributed by atoms with E-state index in [1.54, 1.807) is 18.5 Å². The highest BCUT2D eigenvalue weighted by Gasteiger charge is 2.23. The summed E-state index contributed by atoms with van der Waals surface area (Å²) in [5.41, 5.74) is 3.57. The Kier molecular flexibility index (Phi) is 4.97. The highest BCUT2D eigenvalue weighted by molar-refractivity contribution is 5.90.